The van der Waals surface area contributed by atoms with Gasteiger partial charge < -0.3 is 29.9 Å². The van der Waals surface area contributed by atoms with Gasteiger partial charge in [0.2, 0.25) is 0 Å². The van der Waals surface area contributed by atoms with Gasteiger partial charge in [-0.2, -0.15) is 0 Å². The van der Waals surface area contributed by atoms with E-state index >= 15 is 0 Å². The van der Waals surface area contributed by atoms with Gasteiger partial charge in [-0.3, -0.25) is 4.79 Å². The Morgan fingerprint density at radius 2 is 1.55 bits per heavy atom. The van der Waals surface area contributed by atoms with Crippen LogP contribution in [0, 0.1) is 11.8 Å². The van der Waals surface area contributed by atoms with Crippen LogP contribution < -0.4 is 9.47 Å². The SMILES string of the molecule is O=C(O)CCCCCC[C@@H]1[C@@H](CC[C@@H](O)C2Oc3ccccc3O2)[C@H](O)C[C@@H]1O. The molecule has 5 atom stereocenters. The van der Waals surface area contributed by atoms with E-state index in [1.54, 1.807) is 12.1 Å². The highest BCUT2D eigenvalue weighted by Crippen LogP contribution is 2.40. The van der Waals surface area contributed by atoms with Gasteiger partial charge in [0.25, 0.3) is 6.29 Å². The fraction of sp³-hybridized carbons (Fsp3) is 0.682. The van der Waals surface area contributed by atoms with Gasteiger partial charge in [0.15, 0.2) is 11.5 Å². The van der Waals surface area contributed by atoms with Crippen LogP contribution in [-0.2, 0) is 4.79 Å². The predicted molar refractivity (Wildman–Crippen MR) is 106 cm³/mol. The van der Waals surface area contributed by atoms with Crippen molar-refractivity contribution in [3.8, 4) is 11.5 Å². The Bertz CT molecular complexity index is 639. The number of ether oxygens (including phenoxy) is 2. The van der Waals surface area contributed by atoms with Crippen molar-refractivity contribution in [1.82, 2.24) is 0 Å². The molecule has 0 unspecified atom stereocenters. The van der Waals surface area contributed by atoms with Crippen molar-refractivity contribution >= 4 is 5.97 Å². The second kappa shape index (κ2) is 10.3. The number of carboxylic acid groups (broad SMARTS) is 1. The third-order valence-corrected chi connectivity index (χ3v) is 6.14. The Morgan fingerprint density at radius 3 is 2.17 bits per heavy atom. The maximum atomic E-state index is 10.6. The summed E-state index contributed by atoms with van der Waals surface area (Å²) in [7, 11) is 0. The quantitative estimate of drug-likeness (QED) is 0.416. The van der Waals surface area contributed by atoms with E-state index in [4.69, 9.17) is 14.6 Å². The second-order valence-electron chi connectivity index (χ2n) is 8.24. The van der Waals surface area contributed by atoms with Crippen molar-refractivity contribution in [1.29, 1.82) is 0 Å². The van der Waals surface area contributed by atoms with Crippen molar-refractivity contribution in [3.05, 3.63) is 24.3 Å². The van der Waals surface area contributed by atoms with E-state index in [2.05, 4.69) is 0 Å². The molecule has 0 aromatic heterocycles. The van der Waals surface area contributed by atoms with Gasteiger partial charge in [0.1, 0.15) is 6.10 Å². The van der Waals surface area contributed by atoms with E-state index in [-0.39, 0.29) is 18.3 Å². The summed E-state index contributed by atoms with van der Waals surface area (Å²) in [5.41, 5.74) is 0. The number of aliphatic hydroxyl groups excluding tert-OH is 3. The van der Waals surface area contributed by atoms with Crippen LogP contribution in [0.1, 0.15) is 57.8 Å². The molecule has 1 aromatic carbocycles. The smallest absolute Gasteiger partial charge is 0.303 e. The number of carboxylic acids is 1. The number of unbranched alkanes of at least 4 members (excludes halogenated alkanes) is 3. The predicted octanol–water partition coefficient (Wildman–Crippen LogP) is 2.71. The molecule has 29 heavy (non-hydrogen) atoms. The molecule has 0 saturated heterocycles. The Labute approximate surface area is 171 Å². The van der Waals surface area contributed by atoms with Gasteiger partial charge in [-0.05, 0) is 56.1 Å². The minimum atomic E-state index is -0.816. The van der Waals surface area contributed by atoms with Crippen LogP contribution in [-0.4, -0.2) is 51.0 Å². The number of carbonyl (C=O) groups is 1. The van der Waals surface area contributed by atoms with Crippen molar-refractivity contribution in [3.63, 3.8) is 0 Å². The molecule has 0 amide bonds. The number of hydrogen-bond donors (Lipinski definition) is 4. The Kier molecular flexibility index (Phi) is 7.75. The zero-order valence-corrected chi connectivity index (χ0v) is 16.7. The Hall–Kier alpha value is -1.83. The van der Waals surface area contributed by atoms with Gasteiger partial charge in [0, 0.05) is 6.42 Å². The third-order valence-electron chi connectivity index (χ3n) is 6.14. The number of benzene rings is 1. The standard InChI is InChI=1S/C22H32O7/c23-16(22-28-19-8-5-6-9-20(19)29-22)12-11-15-14(17(24)13-18(15)25)7-3-1-2-4-10-21(26)27/h5-6,8-9,14-18,22-25H,1-4,7,10-13H2,(H,26,27)/t14-,15-,16-,17+,18-/m1/s1. The molecule has 1 heterocycles. The number of fused-ring (bicyclic) bond motifs is 1. The Balaban J connectivity index is 1.42. The summed E-state index contributed by atoms with van der Waals surface area (Å²) >= 11 is 0. The first-order valence-electron chi connectivity index (χ1n) is 10.6. The maximum absolute atomic E-state index is 10.6. The monoisotopic (exact) mass is 408 g/mol. The number of para-hydroxylation sites is 2. The molecule has 1 saturated carbocycles. The molecule has 162 valence electrons. The van der Waals surface area contributed by atoms with E-state index in [0.29, 0.717) is 37.2 Å². The first kappa shape index (κ1) is 21.9. The number of aliphatic carboxylic acids is 1. The van der Waals surface area contributed by atoms with E-state index in [1.807, 2.05) is 12.1 Å². The van der Waals surface area contributed by atoms with Crippen LogP contribution in [0.15, 0.2) is 24.3 Å². The molecule has 1 aromatic rings. The molecule has 1 aliphatic carbocycles. The largest absolute Gasteiger partial charge is 0.481 e. The molecule has 7 heteroatoms. The van der Waals surface area contributed by atoms with Crippen LogP contribution in [0.25, 0.3) is 0 Å². The lowest BCUT2D eigenvalue weighted by Gasteiger charge is -2.25. The van der Waals surface area contributed by atoms with Crippen molar-refractivity contribution in [2.75, 3.05) is 0 Å². The molecule has 0 bridgehead atoms. The number of hydrogen-bond acceptors (Lipinski definition) is 6. The van der Waals surface area contributed by atoms with Gasteiger partial charge in [-0.25, -0.2) is 0 Å². The summed E-state index contributed by atoms with van der Waals surface area (Å²) in [6.45, 7) is 0. The lowest BCUT2D eigenvalue weighted by atomic mass is 9.85. The van der Waals surface area contributed by atoms with Crippen LogP contribution in [0.5, 0.6) is 11.5 Å². The van der Waals surface area contributed by atoms with Gasteiger partial charge in [-0.1, -0.05) is 31.4 Å². The van der Waals surface area contributed by atoms with E-state index < -0.39 is 30.6 Å². The van der Waals surface area contributed by atoms with Crippen molar-refractivity contribution in [2.24, 2.45) is 11.8 Å². The van der Waals surface area contributed by atoms with Crippen molar-refractivity contribution in [2.45, 2.75) is 82.4 Å². The number of rotatable bonds is 11. The highest BCUT2D eigenvalue weighted by molar-refractivity contribution is 5.66. The van der Waals surface area contributed by atoms with E-state index in [0.717, 1.165) is 25.7 Å². The molecule has 4 N–H and O–H groups in total. The molecule has 2 aliphatic rings. The second-order valence-corrected chi connectivity index (χ2v) is 8.24. The summed E-state index contributed by atoms with van der Waals surface area (Å²) in [6, 6.07) is 7.29. The van der Waals surface area contributed by atoms with Crippen LogP contribution in [0.2, 0.25) is 0 Å². The summed E-state index contributed by atoms with van der Waals surface area (Å²) in [6.07, 6.45) is 3.05. The summed E-state index contributed by atoms with van der Waals surface area (Å²) in [5.74, 6) is 0.403. The molecular weight excluding hydrogens is 376 g/mol. The Morgan fingerprint density at radius 1 is 0.966 bits per heavy atom. The third kappa shape index (κ3) is 5.84. The molecule has 0 radical (unpaired) electrons. The zero-order valence-electron chi connectivity index (χ0n) is 16.7. The first-order valence-corrected chi connectivity index (χ1v) is 10.6. The first-order chi connectivity index (χ1) is 14.0. The summed E-state index contributed by atoms with van der Waals surface area (Å²) in [4.78, 5) is 10.6. The van der Waals surface area contributed by atoms with E-state index in [1.165, 1.54) is 0 Å². The molecule has 3 rings (SSSR count). The molecular formula is C22H32O7. The molecule has 1 aliphatic heterocycles. The normalized spacial score (nSPS) is 27.3. The molecule has 7 nitrogen and oxygen atoms in total. The summed E-state index contributed by atoms with van der Waals surface area (Å²) in [5, 5.41) is 39.9. The maximum Gasteiger partial charge on any atom is 0.303 e. The molecule has 0 spiro atoms. The van der Waals surface area contributed by atoms with Gasteiger partial charge in [-0.15, -0.1) is 0 Å². The van der Waals surface area contributed by atoms with Crippen LogP contribution in [0.3, 0.4) is 0 Å². The van der Waals surface area contributed by atoms with Gasteiger partial charge in [0.05, 0.1) is 12.2 Å². The highest BCUT2D eigenvalue weighted by Gasteiger charge is 2.41. The highest BCUT2D eigenvalue weighted by atomic mass is 16.7. The zero-order chi connectivity index (χ0) is 20.8. The van der Waals surface area contributed by atoms with Crippen LogP contribution >= 0.6 is 0 Å². The summed E-state index contributed by atoms with van der Waals surface area (Å²) < 4.78 is 11.3. The fourth-order valence-electron chi connectivity index (χ4n) is 4.57. The lowest BCUT2D eigenvalue weighted by Crippen LogP contribution is -2.34. The van der Waals surface area contributed by atoms with Crippen molar-refractivity contribution < 1.29 is 34.7 Å². The van der Waals surface area contributed by atoms with Crippen LogP contribution in [0.4, 0.5) is 0 Å². The minimum absolute atomic E-state index is 0.000661. The fourth-order valence-corrected chi connectivity index (χ4v) is 4.57. The van der Waals surface area contributed by atoms with Gasteiger partial charge >= 0.3 is 5.97 Å². The topological polar surface area (TPSA) is 116 Å². The number of aliphatic hydroxyl groups is 3. The molecule has 1 fully saturated rings. The minimum Gasteiger partial charge on any atom is -0.481 e. The van der Waals surface area contributed by atoms with E-state index in [9.17, 15) is 20.1 Å². The average Bonchev–Trinajstić information content (AvgIpc) is 3.23. The average molecular weight is 408 g/mol. The lowest BCUT2D eigenvalue weighted by molar-refractivity contribution is -0.137.